The number of benzene rings is 3. The first-order chi connectivity index (χ1) is 16.0. The predicted octanol–water partition coefficient (Wildman–Crippen LogP) is 4.95. The molecule has 0 bridgehead atoms. The molecule has 0 spiro atoms. The van der Waals surface area contributed by atoms with Crippen LogP contribution in [0.1, 0.15) is 63.7 Å². The molecule has 5 nitrogen and oxygen atoms in total. The van der Waals surface area contributed by atoms with Crippen molar-refractivity contribution in [2.45, 2.75) is 45.2 Å². The topological polar surface area (TPSA) is 57.7 Å². The zero-order valence-electron chi connectivity index (χ0n) is 18.8. The van der Waals surface area contributed by atoms with Crippen LogP contribution < -0.4 is 4.90 Å². The molecule has 5 heteroatoms. The Balaban J connectivity index is 1.43. The number of fused-ring (bicyclic) bond motifs is 2. The third kappa shape index (κ3) is 3.54. The van der Waals surface area contributed by atoms with Crippen LogP contribution in [-0.4, -0.2) is 28.7 Å². The van der Waals surface area contributed by atoms with E-state index in [2.05, 4.69) is 19.1 Å². The highest BCUT2D eigenvalue weighted by atomic mass is 16.2. The SMILES string of the molecule is CCC(=O)N(C1Cc2ccc(N3C(=O)c4ccccc4C3=O)cc2C1)C(C)c1ccccc1. The van der Waals surface area contributed by atoms with E-state index < -0.39 is 0 Å². The minimum absolute atomic E-state index is 0.0336. The van der Waals surface area contributed by atoms with Crippen molar-refractivity contribution in [2.24, 2.45) is 0 Å². The zero-order valence-corrected chi connectivity index (χ0v) is 18.8. The van der Waals surface area contributed by atoms with Gasteiger partial charge in [-0.1, -0.05) is 55.5 Å². The Labute approximate surface area is 193 Å². The van der Waals surface area contributed by atoms with Crippen molar-refractivity contribution in [3.05, 3.63) is 101 Å². The first-order valence-electron chi connectivity index (χ1n) is 11.4. The number of imide groups is 1. The summed E-state index contributed by atoms with van der Waals surface area (Å²) < 4.78 is 0. The summed E-state index contributed by atoms with van der Waals surface area (Å²) in [5.41, 5.74) is 4.83. The molecule has 2 aliphatic rings. The Hall–Kier alpha value is -3.73. The molecule has 3 aromatic rings. The van der Waals surface area contributed by atoms with Crippen molar-refractivity contribution >= 4 is 23.4 Å². The highest BCUT2D eigenvalue weighted by molar-refractivity contribution is 6.34. The molecule has 0 saturated carbocycles. The van der Waals surface area contributed by atoms with Crippen molar-refractivity contribution in [3.8, 4) is 0 Å². The first kappa shape index (κ1) is 21.1. The van der Waals surface area contributed by atoms with E-state index in [9.17, 15) is 14.4 Å². The Bertz CT molecular complexity index is 1220. The lowest BCUT2D eigenvalue weighted by Crippen LogP contribution is -2.42. The first-order valence-corrected chi connectivity index (χ1v) is 11.4. The van der Waals surface area contributed by atoms with E-state index in [0.717, 1.165) is 23.1 Å². The van der Waals surface area contributed by atoms with Crippen LogP contribution in [-0.2, 0) is 17.6 Å². The van der Waals surface area contributed by atoms with Gasteiger partial charge in [-0.05, 0) is 60.7 Å². The van der Waals surface area contributed by atoms with Crippen LogP contribution in [0.25, 0.3) is 0 Å². The number of carbonyl (C=O) groups is 3. The fourth-order valence-electron chi connectivity index (χ4n) is 5.15. The maximum Gasteiger partial charge on any atom is 0.266 e. The summed E-state index contributed by atoms with van der Waals surface area (Å²) in [7, 11) is 0. The average molecular weight is 439 g/mol. The van der Waals surface area contributed by atoms with Gasteiger partial charge >= 0.3 is 0 Å². The Morgan fingerprint density at radius 1 is 0.909 bits per heavy atom. The van der Waals surface area contributed by atoms with Crippen molar-refractivity contribution in [1.29, 1.82) is 0 Å². The summed E-state index contributed by atoms with van der Waals surface area (Å²) >= 11 is 0. The summed E-state index contributed by atoms with van der Waals surface area (Å²) in [5, 5.41) is 0. The van der Waals surface area contributed by atoms with E-state index in [0.29, 0.717) is 29.7 Å². The normalized spacial score (nSPS) is 17.6. The molecule has 0 fully saturated rings. The Kier molecular flexibility index (Phi) is 5.33. The molecule has 1 aliphatic carbocycles. The fraction of sp³-hybridized carbons (Fsp3) is 0.250. The van der Waals surface area contributed by atoms with Gasteiger partial charge < -0.3 is 4.90 Å². The van der Waals surface area contributed by atoms with E-state index in [1.165, 1.54) is 4.90 Å². The molecule has 0 radical (unpaired) electrons. The third-order valence-corrected chi connectivity index (χ3v) is 6.84. The second-order valence-corrected chi connectivity index (χ2v) is 8.75. The van der Waals surface area contributed by atoms with Gasteiger partial charge in [0.1, 0.15) is 0 Å². The molecule has 0 N–H and O–H groups in total. The summed E-state index contributed by atoms with van der Waals surface area (Å²) in [4.78, 5) is 42.1. The van der Waals surface area contributed by atoms with E-state index in [-0.39, 0.29) is 29.8 Å². The second-order valence-electron chi connectivity index (χ2n) is 8.75. The average Bonchev–Trinajstić information content (AvgIpc) is 3.37. The lowest BCUT2D eigenvalue weighted by Gasteiger charge is -2.35. The molecule has 2 unspecified atom stereocenters. The van der Waals surface area contributed by atoms with Crippen LogP contribution in [0, 0.1) is 0 Å². The molecule has 1 heterocycles. The number of hydrogen-bond acceptors (Lipinski definition) is 3. The largest absolute Gasteiger partial charge is 0.332 e. The maximum absolute atomic E-state index is 13.0. The van der Waals surface area contributed by atoms with Gasteiger partial charge in [-0.25, -0.2) is 4.90 Å². The highest BCUT2D eigenvalue weighted by Crippen LogP contribution is 2.36. The van der Waals surface area contributed by atoms with Gasteiger partial charge in [0.25, 0.3) is 11.8 Å². The molecule has 2 atom stereocenters. The van der Waals surface area contributed by atoms with Gasteiger partial charge in [0.05, 0.1) is 22.9 Å². The molecule has 33 heavy (non-hydrogen) atoms. The molecule has 166 valence electrons. The van der Waals surface area contributed by atoms with Crippen LogP contribution in [0.3, 0.4) is 0 Å². The summed E-state index contributed by atoms with van der Waals surface area (Å²) in [6, 6.07) is 22.8. The predicted molar refractivity (Wildman–Crippen MR) is 127 cm³/mol. The molecule has 3 amide bonds. The highest BCUT2D eigenvalue weighted by Gasteiger charge is 2.38. The molecule has 0 aromatic heterocycles. The Morgan fingerprint density at radius 2 is 1.52 bits per heavy atom. The molecule has 3 aromatic carbocycles. The number of carbonyl (C=O) groups excluding carboxylic acids is 3. The van der Waals surface area contributed by atoms with Gasteiger partial charge in [-0.15, -0.1) is 0 Å². The van der Waals surface area contributed by atoms with Crippen molar-refractivity contribution in [1.82, 2.24) is 4.90 Å². The van der Waals surface area contributed by atoms with Gasteiger partial charge in [0.15, 0.2) is 0 Å². The lowest BCUT2D eigenvalue weighted by molar-refractivity contribution is -0.135. The molecule has 1 aliphatic heterocycles. The molecule has 0 saturated heterocycles. The zero-order chi connectivity index (χ0) is 23.1. The maximum atomic E-state index is 13.0. The van der Waals surface area contributed by atoms with Gasteiger partial charge in [-0.2, -0.15) is 0 Å². The molecule has 5 rings (SSSR count). The lowest BCUT2D eigenvalue weighted by atomic mass is 10.0. The van der Waals surface area contributed by atoms with Crippen LogP contribution >= 0.6 is 0 Å². The van der Waals surface area contributed by atoms with Crippen LogP contribution in [0.15, 0.2) is 72.8 Å². The summed E-state index contributed by atoms with van der Waals surface area (Å²) in [5.74, 6) is -0.444. The number of hydrogen-bond donors (Lipinski definition) is 0. The summed E-state index contributed by atoms with van der Waals surface area (Å²) in [6.45, 7) is 3.98. The van der Waals surface area contributed by atoms with Crippen LogP contribution in [0.4, 0.5) is 5.69 Å². The van der Waals surface area contributed by atoms with E-state index >= 15 is 0 Å². The minimum Gasteiger partial charge on any atom is -0.332 e. The van der Waals surface area contributed by atoms with Gasteiger partial charge in [-0.3, -0.25) is 14.4 Å². The Morgan fingerprint density at radius 3 is 2.15 bits per heavy atom. The molecular weight excluding hydrogens is 412 g/mol. The number of amides is 3. The monoisotopic (exact) mass is 438 g/mol. The van der Waals surface area contributed by atoms with Crippen molar-refractivity contribution in [3.63, 3.8) is 0 Å². The molecular formula is C28H26N2O3. The second kappa shape index (κ2) is 8.32. The van der Waals surface area contributed by atoms with Crippen molar-refractivity contribution < 1.29 is 14.4 Å². The van der Waals surface area contributed by atoms with Crippen molar-refractivity contribution in [2.75, 3.05) is 4.90 Å². The standard InChI is InChI=1S/C28H26N2O3/c1-3-26(31)29(18(2)19-9-5-4-6-10-19)23-15-20-13-14-22(16-21(20)17-23)30-27(32)24-11-7-8-12-25(24)28(30)33/h4-14,16,18,23H,3,15,17H2,1-2H3. The van der Waals surface area contributed by atoms with Gasteiger partial charge in [0, 0.05) is 12.5 Å². The number of nitrogens with zero attached hydrogens (tertiary/aromatic N) is 2. The smallest absolute Gasteiger partial charge is 0.266 e. The number of rotatable bonds is 5. The quantitative estimate of drug-likeness (QED) is 0.530. The van der Waals surface area contributed by atoms with Crippen LogP contribution in [0.5, 0.6) is 0 Å². The van der Waals surface area contributed by atoms with Gasteiger partial charge in [0.2, 0.25) is 5.91 Å². The van der Waals surface area contributed by atoms with E-state index in [1.54, 1.807) is 24.3 Å². The van der Waals surface area contributed by atoms with E-state index in [4.69, 9.17) is 0 Å². The minimum atomic E-state index is -0.286. The fourth-order valence-corrected chi connectivity index (χ4v) is 5.15. The third-order valence-electron chi connectivity index (χ3n) is 6.84. The van der Waals surface area contributed by atoms with E-state index in [1.807, 2.05) is 48.2 Å². The summed E-state index contributed by atoms with van der Waals surface area (Å²) in [6.07, 6.45) is 1.92. The number of anilines is 1. The van der Waals surface area contributed by atoms with Crippen LogP contribution in [0.2, 0.25) is 0 Å².